The van der Waals surface area contributed by atoms with E-state index in [4.69, 9.17) is 0 Å². The predicted octanol–water partition coefficient (Wildman–Crippen LogP) is 4.34. The summed E-state index contributed by atoms with van der Waals surface area (Å²) in [5, 5.41) is 8.23. The van der Waals surface area contributed by atoms with E-state index < -0.39 is 0 Å². The molecule has 74 valence electrons. The molecule has 0 spiro atoms. The van der Waals surface area contributed by atoms with Crippen molar-refractivity contribution in [2.45, 2.75) is 6.54 Å². The molecule has 0 bridgehead atoms. The third-order valence-corrected chi connectivity index (χ3v) is 4.92. The SMILES string of the molecule is Brc1csc(NCc2ccsc2Br)n1. The fourth-order valence-electron chi connectivity index (χ4n) is 0.952. The molecule has 2 rings (SSSR count). The van der Waals surface area contributed by atoms with Gasteiger partial charge in [-0.05, 0) is 48.9 Å². The van der Waals surface area contributed by atoms with Crippen LogP contribution in [0.25, 0.3) is 0 Å². The highest BCUT2D eigenvalue weighted by atomic mass is 79.9. The molecule has 0 radical (unpaired) electrons. The van der Waals surface area contributed by atoms with Gasteiger partial charge in [0.25, 0.3) is 0 Å². The van der Waals surface area contributed by atoms with Crippen LogP contribution in [-0.4, -0.2) is 4.98 Å². The zero-order valence-corrected chi connectivity index (χ0v) is 11.8. The number of halogens is 2. The lowest BCUT2D eigenvalue weighted by Gasteiger charge is -2.00. The first-order valence-electron chi connectivity index (χ1n) is 3.82. The molecule has 2 aromatic heterocycles. The highest BCUT2D eigenvalue weighted by molar-refractivity contribution is 9.11. The van der Waals surface area contributed by atoms with Crippen molar-refractivity contribution in [3.63, 3.8) is 0 Å². The van der Waals surface area contributed by atoms with Gasteiger partial charge in [0.1, 0.15) is 4.60 Å². The second kappa shape index (κ2) is 4.74. The fraction of sp³-hybridized carbons (Fsp3) is 0.125. The Labute approximate surface area is 107 Å². The van der Waals surface area contributed by atoms with Crippen molar-refractivity contribution in [1.82, 2.24) is 4.98 Å². The first-order valence-corrected chi connectivity index (χ1v) is 7.17. The lowest BCUT2D eigenvalue weighted by molar-refractivity contribution is 1.13. The molecule has 2 nitrogen and oxygen atoms in total. The minimum absolute atomic E-state index is 0.810. The normalized spacial score (nSPS) is 10.4. The lowest BCUT2D eigenvalue weighted by atomic mass is 10.3. The van der Waals surface area contributed by atoms with Crippen molar-refractivity contribution >= 4 is 59.7 Å². The number of hydrogen-bond acceptors (Lipinski definition) is 4. The Bertz CT molecular complexity index is 424. The van der Waals surface area contributed by atoms with E-state index in [0.29, 0.717) is 0 Å². The van der Waals surface area contributed by atoms with E-state index in [1.165, 1.54) is 9.35 Å². The molecule has 6 heteroatoms. The third kappa shape index (κ3) is 2.56. The highest BCUT2D eigenvalue weighted by Crippen LogP contribution is 2.25. The Kier molecular flexibility index (Phi) is 3.59. The van der Waals surface area contributed by atoms with Gasteiger partial charge >= 0.3 is 0 Å². The van der Waals surface area contributed by atoms with E-state index >= 15 is 0 Å². The zero-order valence-electron chi connectivity index (χ0n) is 6.96. The Morgan fingerprint density at radius 1 is 1.36 bits per heavy atom. The molecule has 14 heavy (non-hydrogen) atoms. The van der Waals surface area contributed by atoms with Crippen molar-refractivity contribution in [1.29, 1.82) is 0 Å². The van der Waals surface area contributed by atoms with E-state index in [9.17, 15) is 0 Å². The van der Waals surface area contributed by atoms with Crippen molar-refractivity contribution < 1.29 is 0 Å². The number of aromatic nitrogens is 1. The second-order valence-corrected chi connectivity index (χ2v) is 6.45. The summed E-state index contributed by atoms with van der Waals surface area (Å²) < 4.78 is 2.06. The van der Waals surface area contributed by atoms with Gasteiger partial charge in [0, 0.05) is 11.9 Å². The van der Waals surface area contributed by atoms with Crippen molar-refractivity contribution in [2.24, 2.45) is 0 Å². The van der Waals surface area contributed by atoms with Gasteiger partial charge in [-0.15, -0.1) is 22.7 Å². The minimum atomic E-state index is 0.810. The molecule has 0 aliphatic rings. The standard InChI is InChI=1S/C8H6Br2N2S2/c9-6-4-14-8(12-6)11-3-5-1-2-13-7(5)10/h1-2,4H,3H2,(H,11,12). The van der Waals surface area contributed by atoms with E-state index in [-0.39, 0.29) is 0 Å². The van der Waals surface area contributed by atoms with Crippen LogP contribution in [0.1, 0.15) is 5.56 Å². The highest BCUT2D eigenvalue weighted by Gasteiger charge is 2.02. The van der Waals surface area contributed by atoms with Crippen molar-refractivity contribution in [3.05, 3.63) is 30.8 Å². The van der Waals surface area contributed by atoms with Gasteiger partial charge in [-0.25, -0.2) is 4.98 Å². The number of thiophene rings is 1. The number of hydrogen-bond donors (Lipinski definition) is 1. The summed E-state index contributed by atoms with van der Waals surface area (Å²) >= 11 is 10.1. The van der Waals surface area contributed by atoms with Crippen LogP contribution in [0.4, 0.5) is 5.13 Å². The maximum atomic E-state index is 4.25. The summed E-state index contributed by atoms with van der Waals surface area (Å²) in [7, 11) is 0. The Morgan fingerprint density at radius 2 is 2.21 bits per heavy atom. The lowest BCUT2D eigenvalue weighted by Crippen LogP contribution is -1.97. The molecular formula is C8H6Br2N2S2. The van der Waals surface area contributed by atoms with E-state index in [1.807, 2.05) is 5.38 Å². The Morgan fingerprint density at radius 3 is 2.79 bits per heavy atom. The molecule has 0 aliphatic heterocycles. The molecule has 0 aliphatic carbocycles. The van der Waals surface area contributed by atoms with E-state index in [1.54, 1.807) is 22.7 Å². The quantitative estimate of drug-likeness (QED) is 0.887. The van der Waals surface area contributed by atoms with E-state index in [0.717, 1.165) is 16.3 Å². The van der Waals surface area contributed by atoms with Crippen LogP contribution in [-0.2, 0) is 6.54 Å². The number of nitrogens with one attached hydrogen (secondary N) is 1. The predicted molar refractivity (Wildman–Crippen MR) is 69.2 cm³/mol. The average Bonchev–Trinajstić information content (AvgIpc) is 2.72. The molecule has 0 aromatic carbocycles. The number of anilines is 1. The maximum Gasteiger partial charge on any atom is 0.184 e. The molecule has 0 unspecified atom stereocenters. The van der Waals surface area contributed by atoms with Gasteiger partial charge in [0.15, 0.2) is 5.13 Å². The van der Waals surface area contributed by atoms with Crippen LogP contribution in [0.3, 0.4) is 0 Å². The average molecular weight is 354 g/mol. The number of rotatable bonds is 3. The van der Waals surface area contributed by atoms with Crippen LogP contribution in [0, 0.1) is 0 Å². The molecule has 0 atom stereocenters. The summed E-state index contributed by atoms with van der Waals surface area (Å²) in [6.45, 7) is 0.810. The van der Waals surface area contributed by atoms with Gasteiger partial charge in [0.2, 0.25) is 0 Å². The summed E-state index contributed by atoms with van der Waals surface area (Å²) in [6.07, 6.45) is 0. The van der Waals surface area contributed by atoms with Crippen LogP contribution in [0.15, 0.2) is 25.2 Å². The van der Waals surface area contributed by atoms with Crippen molar-refractivity contribution in [2.75, 3.05) is 5.32 Å². The first-order chi connectivity index (χ1) is 6.75. The minimum Gasteiger partial charge on any atom is -0.357 e. The summed E-state index contributed by atoms with van der Waals surface area (Å²) in [4.78, 5) is 4.25. The largest absolute Gasteiger partial charge is 0.357 e. The van der Waals surface area contributed by atoms with Crippen LogP contribution >= 0.6 is 54.5 Å². The first kappa shape index (κ1) is 10.6. The second-order valence-electron chi connectivity index (χ2n) is 2.55. The topological polar surface area (TPSA) is 24.9 Å². The molecular weight excluding hydrogens is 348 g/mol. The third-order valence-electron chi connectivity index (χ3n) is 1.60. The molecule has 0 saturated heterocycles. The molecule has 0 fully saturated rings. The number of nitrogens with zero attached hydrogens (tertiary/aromatic N) is 1. The van der Waals surface area contributed by atoms with E-state index in [2.05, 4.69) is 53.6 Å². The monoisotopic (exact) mass is 352 g/mol. The van der Waals surface area contributed by atoms with Gasteiger partial charge in [-0.1, -0.05) is 0 Å². The molecule has 2 aromatic rings. The number of thiazole rings is 1. The molecule has 1 N–H and O–H groups in total. The van der Waals surface area contributed by atoms with Crippen LogP contribution in [0.5, 0.6) is 0 Å². The zero-order chi connectivity index (χ0) is 9.97. The van der Waals surface area contributed by atoms with Crippen molar-refractivity contribution in [3.8, 4) is 0 Å². The smallest absolute Gasteiger partial charge is 0.184 e. The summed E-state index contributed by atoms with van der Waals surface area (Å²) in [5.41, 5.74) is 1.27. The van der Waals surface area contributed by atoms with Gasteiger partial charge in [-0.2, -0.15) is 0 Å². The fourth-order valence-corrected chi connectivity index (χ4v) is 3.33. The van der Waals surface area contributed by atoms with Gasteiger partial charge in [-0.3, -0.25) is 0 Å². The molecule has 0 saturated carbocycles. The molecule has 2 heterocycles. The Balaban J connectivity index is 1.98. The Hall–Kier alpha value is 0.0900. The summed E-state index contributed by atoms with van der Waals surface area (Å²) in [5.74, 6) is 0. The van der Waals surface area contributed by atoms with Crippen LogP contribution < -0.4 is 5.32 Å². The summed E-state index contributed by atoms with van der Waals surface area (Å²) in [6, 6.07) is 2.10. The van der Waals surface area contributed by atoms with Crippen LogP contribution in [0.2, 0.25) is 0 Å². The van der Waals surface area contributed by atoms with Gasteiger partial charge < -0.3 is 5.32 Å². The van der Waals surface area contributed by atoms with Gasteiger partial charge in [0.05, 0.1) is 3.79 Å². The maximum absolute atomic E-state index is 4.25. The molecule has 0 amide bonds.